The number of nitro benzene ring substituents is 1. The number of carbonyl (C=O) groups excluding carboxylic acids is 1. The van der Waals surface area contributed by atoms with Crippen molar-refractivity contribution in [3.05, 3.63) is 39.9 Å². The van der Waals surface area contributed by atoms with Gasteiger partial charge in [0.15, 0.2) is 0 Å². The predicted molar refractivity (Wildman–Crippen MR) is 54.6 cm³/mol. The van der Waals surface area contributed by atoms with E-state index in [9.17, 15) is 14.9 Å². The van der Waals surface area contributed by atoms with Crippen LogP contribution in [0.3, 0.4) is 0 Å². The summed E-state index contributed by atoms with van der Waals surface area (Å²) >= 11 is 0. The van der Waals surface area contributed by atoms with Gasteiger partial charge in [-0.05, 0) is 0 Å². The third-order valence-corrected chi connectivity index (χ3v) is 3.07. The second-order valence-electron chi connectivity index (χ2n) is 3.88. The molecule has 0 radical (unpaired) electrons. The van der Waals surface area contributed by atoms with Gasteiger partial charge in [0.1, 0.15) is 5.78 Å². The van der Waals surface area contributed by atoms with Gasteiger partial charge >= 0.3 is 0 Å². The highest BCUT2D eigenvalue weighted by atomic mass is 16.6. The number of rotatable bonds is 2. The quantitative estimate of drug-likeness (QED) is 0.549. The zero-order chi connectivity index (χ0) is 11.0. The van der Waals surface area contributed by atoms with Crippen LogP contribution < -0.4 is 0 Å². The predicted octanol–water partition coefficient (Wildman–Crippen LogP) is 2.29. The molecule has 0 aliphatic heterocycles. The first-order valence-corrected chi connectivity index (χ1v) is 4.87. The molecule has 2 rings (SSSR count). The van der Waals surface area contributed by atoms with Gasteiger partial charge in [-0.15, -0.1) is 0 Å². The minimum atomic E-state index is -0.384. The highest BCUT2D eigenvalue weighted by molar-refractivity contribution is 5.89. The summed E-state index contributed by atoms with van der Waals surface area (Å²) in [6.07, 6.45) is 0.437. The van der Waals surface area contributed by atoms with Crippen molar-refractivity contribution in [3.8, 4) is 0 Å². The van der Waals surface area contributed by atoms with E-state index in [-0.39, 0.29) is 28.2 Å². The van der Waals surface area contributed by atoms with Crippen LogP contribution in [0.2, 0.25) is 0 Å². The highest BCUT2D eigenvalue weighted by Gasteiger charge is 2.39. The van der Waals surface area contributed by atoms with E-state index in [4.69, 9.17) is 0 Å². The molecule has 1 aliphatic carbocycles. The number of benzene rings is 1. The van der Waals surface area contributed by atoms with Gasteiger partial charge in [0.05, 0.1) is 4.92 Å². The van der Waals surface area contributed by atoms with Crippen molar-refractivity contribution in [1.82, 2.24) is 0 Å². The van der Waals surface area contributed by atoms with Crippen LogP contribution in [0.25, 0.3) is 0 Å². The van der Waals surface area contributed by atoms with Crippen molar-refractivity contribution in [2.24, 2.45) is 5.92 Å². The lowest BCUT2D eigenvalue weighted by Crippen LogP contribution is -2.33. The van der Waals surface area contributed by atoms with E-state index in [1.165, 1.54) is 6.07 Å². The second kappa shape index (κ2) is 3.46. The van der Waals surface area contributed by atoms with Crippen LogP contribution in [0.4, 0.5) is 5.69 Å². The number of carbonyl (C=O) groups is 1. The van der Waals surface area contributed by atoms with Gasteiger partial charge in [-0.3, -0.25) is 14.9 Å². The molecule has 4 nitrogen and oxygen atoms in total. The van der Waals surface area contributed by atoms with Crippen LogP contribution in [0.1, 0.15) is 24.8 Å². The number of Topliss-reactive ketones (excluding diaryl/α,β-unsaturated/α-hetero) is 1. The molecule has 0 saturated heterocycles. The third-order valence-electron chi connectivity index (χ3n) is 3.07. The third kappa shape index (κ3) is 1.52. The number of hydrogen-bond acceptors (Lipinski definition) is 3. The van der Waals surface area contributed by atoms with Crippen molar-refractivity contribution in [2.75, 3.05) is 0 Å². The van der Waals surface area contributed by atoms with Crippen molar-refractivity contribution in [1.29, 1.82) is 0 Å². The molecule has 0 aromatic heterocycles. The molecule has 15 heavy (non-hydrogen) atoms. The van der Waals surface area contributed by atoms with Crippen LogP contribution >= 0.6 is 0 Å². The molecule has 2 unspecified atom stereocenters. The first-order chi connectivity index (χ1) is 7.11. The summed E-state index contributed by atoms with van der Waals surface area (Å²) in [5.41, 5.74) is 0.816. The Hall–Kier alpha value is -1.71. The number of nitrogens with zero attached hydrogens (tertiary/aromatic N) is 1. The van der Waals surface area contributed by atoms with E-state index in [2.05, 4.69) is 0 Å². The van der Waals surface area contributed by atoms with Gasteiger partial charge in [-0.1, -0.05) is 25.1 Å². The molecular formula is C11H11NO3. The summed E-state index contributed by atoms with van der Waals surface area (Å²) in [7, 11) is 0. The van der Waals surface area contributed by atoms with Gasteiger partial charge in [0, 0.05) is 29.9 Å². The van der Waals surface area contributed by atoms with Crippen LogP contribution in [0, 0.1) is 16.0 Å². The summed E-state index contributed by atoms with van der Waals surface area (Å²) < 4.78 is 0. The lowest BCUT2D eigenvalue weighted by atomic mass is 9.69. The Balaban J connectivity index is 2.36. The first kappa shape index (κ1) is 9.83. The summed E-state index contributed by atoms with van der Waals surface area (Å²) in [6, 6.07) is 6.65. The average molecular weight is 205 g/mol. The molecular weight excluding hydrogens is 194 g/mol. The average Bonchev–Trinajstić information content (AvgIpc) is 2.25. The van der Waals surface area contributed by atoms with E-state index >= 15 is 0 Å². The monoisotopic (exact) mass is 205 g/mol. The van der Waals surface area contributed by atoms with Gasteiger partial charge in [-0.25, -0.2) is 0 Å². The number of ketones is 1. The molecule has 4 heteroatoms. The zero-order valence-corrected chi connectivity index (χ0v) is 8.34. The number of nitro groups is 1. The fourth-order valence-corrected chi connectivity index (χ4v) is 1.99. The Kier molecular flexibility index (Phi) is 2.26. The van der Waals surface area contributed by atoms with Gasteiger partial charge < -0.3 is 0 Å². The largest absolute Gasteiger partial charge is 0.299 e. The Bertz CT molecular complexity index is 428. The topological polar surface area (TPSA) is 60.2 Å². The molecule has 1 aromatic carbocycles. The minimum Gasteiger partial charge on any atom is -0.299 e. The fourth-order valence-electron chi connectivity index (χ4n) is 1.99. The van der Waals surface area contributed by atoms with Crippen molar-refractivity contribution >= 4 is 11.5 Å². The molecule has 2 atom stereocenters. The van der Waals surface area contributed by atoms with Crippen molar-refractivity contribution < 1.29 is 9.72 Å². The van der Waals surface area contributed by atoms with Gasteiger partial charge in [0.25, 0.3) is 5.69 Å². The lowest BCUT2D eigenvalue weighted by Gasteiger charge is -2.31. The fraction of sp³-hybridized carbons (Fsp3) is 0.364. The van der Waals surface area contributed by atoms with E-state index < -0.39 is 0 Å². The van der Waals surface area contributed by atoms with Crippen molar-refractivity contribution in [3.63, 3.8) is 0 Å². The maximum Gasteiger partial charge on any atom is 0.272 e. The molecule has 1 aromatic rings. The van der Waals surface area contributed by atoms with Crippen LogP contribution in [0.5, 0.6) is 0 Å². The Morgan fingerprint density at radius 1 is 1.40 bits per heavy atom. The normalized spacial score (nSPS) is 24.7. The van der Waals surface area contributed by atoms with E-state index in [1.807, 2.05) is 6.92 Å². The minimum absolute atomic E-state index is 0.0269. The zero-order valence-electron chi connectivity index (χ0n) is 8.34. The van der Waals surface area contributed by atoms with E-state index in [1.54, 1.807) is 18.2 Å². The molecule has 0 bridgehead atoms. The SMILES string of the molecule is CC1C(=O)CC1c1ccccc1[N+](=O)[O-]. The maximum absolute atomic E-state index is 11.1. The maximum atomic E-state index is 11.1. The van der Waals surface area contributed by atoms with Gasteiger partial charge in [-0.2, -0.15) is 0 Å². The lowest BCUT2D eigenvalue weighted by molar-refractivity contribution is -0.385. The Morgan fingerprint density at radius 2 is 2.07 bits per heavy atom. The summed E-state index contributed by atoms with van der Waals surface area (Å²) in [5, 5.41) is 10.8. The van der Waals surface area contributed by atoms with Gasteiger partial charge in [0.2, 0.25) is 0 Å². The smallest absolute Gasteiger partial charge is 0.272 e. The first-order valence-electron chi connectivity index (χ1n) is 4.87. The molecule has 0 amide bonds. The summed E-state index contributed by atoms with van der Waals surface area (Å²) in [5.74, 6) is 0.142. The summed E-state index contributed by atoms with van der Waals surface area (Å²) in [6.45, 7) is 1.83. The summed E-state index contributed by atoms with van der Waals surface area (Å²) in [4.78, 5) is 21.5. The van der Waals surface area contributed by atoms with E-state index in [0.29, 0.717) is 12.0 Å². The number of hydrogen-bond donors (Lipinski definition) is 0. The number of para-hydroxylation sites is 1. The molecule has 0 spiro atoms. The second-order valence-corrected chi connectivity index (χ2v) is 3.88. The van der Waals surface area contributed by atoms with E-state index in [0.717, 1.165) is 0 Å². The highest BCUT2D eigenvalue weighted by Crippen LogP contribution is 2.42. The van der Waals surface area contributed by atoms with Crippen LogP contribution in [-0.4, -0.2) is 10.7 Å². The Morgan fingerprint density at radius 3 is 2.60 bits per heavy atom. The molecule has 0 heterocycles. The van der Waals surface area contributed by atoms with Crippen LogP contribution in [0.15, 0.2) is 24.3 Å². The molecule has 1 fully saturated rings. The molecule has 1 aliphatic rings. The molecule has 1 saturated carbocycles. The van der Waals surface area contributed by atoms with Crippen LogP contribution in [-0.2, 0) is 4.79 Å². The Labute approximate surface area is 87.1 Å². The van der Waals surface area contributed by atoms with Crippen molar-refractivity contribution in [2.45, 2.75) is 19.3 Å². The standard InChI is InChI=1S/C11H11NO3/c1-7-9(6-11(7)13)8-4-2-3-5-10(8)12(14)15/h2-5,7,9H,6H2,1H3. The molecule has 0 N–H and O–H groups in total. The molecule has 78 valence electrons.